The molecule has 2 N–H and O–H groups in total. The number of ether oxygens (including phenoxy) is 1. The van der Waals surface area contributed by atoms with Gasteiger partial charge < -0.3 is 19.9 Å². The zero-order chi connectivity index (χ0) is 24.1. The Morgan fingerprint density at radius 3 is 2.39 bits per heavy atom. The Kier molecular flexibility index (Phi) is 8.40. The van der Waals surface area contributed by atoms with Crippen molar-refractivity contribution >= 4 is 63.7 Å². The number of carbonyl (C=O) groups is 2. The fourth-order valence-corrected chi connectivity index (χ4v) is 4.42. The minimum Gasteiger partial charge on any atom is -0.494 e. The smallest absolute Gasteiger partial charge is 0.261 e. The van der Waals surface area contributed by atoms with Crippen LogP contribution in [0.15, 0.2) is 36.4 Å². The molecule has 0 saturated carbocycles. The molecule has 3 rings (SSSR count). The van der Waals surface area contributed by atoms with Gasteiger partial charge in [-0.2, -0.15) is 0 Å². The average molecular weight is 509 g/mol. The van der Waals surface area contributed by atoms with Crippen molar-refractivity contribution < 1.29 is 14.3 Å². The lowest BCUT2D eigenvalue weighted by molar-refractivity contribution is -0.134. The third-order valence-electron chi connectivity index (χ3n) is 5.26. The Balaban J connectivity index is 1.69. The van der Waals surface area contributed by atoms with Crippen molar-refractivity contribution in [1.82, 2.24) is 10.2 Å². The van der Waals surface area contributed by atoms with Gasteiger partial charge in [0.15, 0.2) is 5.11 Å². The Bertz CT molecular complexity index is 1060. The predicted molar refractivity (Wildman–Crippen MR) is 137 cm³/mol. The molecule has 0 atom stereocenters. The van der Waals surface area contributed by atoms with Gasteiger partial charge in [-0.05, 0) is 36.5 Å². The summed E-state index contributed by atoms with van der Waals surface area (Å²) in [5.41, 5.74) is 1.87. The maximum atomic E-state index is 12.8. The third kappa shape index (κ3) is 6.07. The molecule has 1 fully saturated rings. The summed E-state index contributed by atoms with van der Waals surface area (Å²) in [6, 6.07) is 10.7. The van der Waals surface area contributed by atoms with Gasteiger partial charge in [-0.3, -0.25) is 14.9 Å². The van der Waals surface area contributed by atoms with E-state index in [2.05, 4.69) is 15.5 Å². The van der Waals surface area contributed by atoms with Crippen molar-refractivity contribution in [3.05, 3.63) is 52.0 Å². The number of rotatable bonds is 5. The number of nitrogens with zero attached hydrogens (tertiary/aromatic N) is 2. The molecule has 1 heterocycles. The maximum Gasteiger partial charge on any atom is 0.261 e. The Hall–Kier alpha value is -2.55. The molecule has 0 radical (unpaired) electrons. The van der Waals surface area contributed by atoms with Crippen LogP contribution in [0.1, 0.15) is 24.2 Å². The molecule has 7 nitrogen and oxygen atoms in total. The fraction of sp³-hybridized carbons (Fsp3) is 0.348. The second-order valence-corrected chi connectivity index (χ2v) is 9.11. The van der Waals surface area contributed by atoms with Gasteiger partial charge in [0.25, 0.3) is 5.91 Å². The minimum absolute atomic E-state index is 0.0144. The second-order valence-electron chi connectivity index (χ2n) is 7.86. The third-order valence-corrected chi connectivity index (χ3v) is 5.97. The Labute approximate surface area is 209 Å². The maximum absolute atomic E-state index is 12.8. The number of thiocarbonyl (C=S) groups is 1. The number of hydrogen-bond donors (Lipinski definition) is 2. The van der Waals surface area contributed by atoms with Crippen LogP contribution < -0.4 is 20.3 Å². The van der Waals surface area contributed by atoms with Crippen LogP contribution in [0, 0.1) is 5.92 Å². The Morgan fingerprint density at radius 1 is 1.09 bits per heavy atom. The summed E-state index contributed by atoms with van der Waals surface area (Å²) < 4.78 is 5.24. The molecule has 2 aromatic carbocycles. The van der Waals surface area contributed by atoms with E-state index in [0.29, 0.717) is 31.2 Å². The molecule has 33 heavy (non-hydrogen) atoms. The largest absolute Gasteiger partial charge is 0.494 e. The minimum atomic E-state index is -0.493. The molecule has 1 aliphatic heterocycles. The number of halogens is 2. The SMILES string of the molecule is COc1c(Cl)cc(Cl)cc1C(=O)NC(=S)Nc1ccccc1N1CCN(C(=O)C(C)C)CC1. The lowest BCUT2D eigenvalue weighted by Crippen LogP contribution is -2.50. The quantitative estimate of drug-likeness (QED) is 0.581. The van der Waals surface area contributed by atoms with Crippen LogP contribution in [0.2, 0.25) is 10.0 Å². The van der Waals surface area contributed by atoms with Gasteiger partial charge in [-0.25, -0.2) is 0 Å². The molecule has 1 aliphatic rings. The van der Waals surface area contributed by atoms with E-state index in [0.717, 1.165) is 11.4 Å². The van der Waals surface area contributed by atoms with Crippen molar-refractivity contribution in [2.75, 3.05) is 43.5 Å². The molecule has 0 unspecified atom stereocenters. The number of hydrogen-bond acceptors (Lipinski definition) is 5. The van der Waals surface area contributed by atoms with Gasteiger partial charge >= 0.3 is 0 Å². The summed E-state index contributed by atoms with van der Waals surface area (Å²) in [5, 5.41) is 6.41. The highest BCUT2D eigenvalue weighted by molar-refractivity contribution is 7.80. The number of methoxy groups -OCH3 is 1. The molecule has 1 saturated heterocycles. The molecule has 10 heteroatoms. The predicted octanol–water partition coefficient (Wildman–Crippen LogP) is 4.43. The van der Waals surface area contributed by atoms with E-state index in [-0.39, 0.29) is 33.3 Å². The van der Waals surface area contributed by atoms with E-state index in [1.54, 1.807) is 0 Å². The molecule has 2 aromatic rings. The van der Waals surface area contributed by atoms with Crippen LogP contribution in [0.3, 0.4) is 0 Å². The van der Waals surface area contributed by atoms with Gasteiger partial charge in [-0.15, -0.1) is 0 Å². The van der Waals surface area contributed by atoms with E-state index in [1.807, 2.05) is 43.0 Å². The van der Waals surface area contributed by atoms with Gasteiger partial charge in [0, 0.05) is 37.1 Å². The van der Waals surface area contributed by atoms with Crippen LogP contribution >= 0.6 is 35.4 Å². The van der Waals surface area contributed by atoms with Gasteiger partial charge in [0.1, 0.15) is 5.75 Å². The summed E-state index contributed by atoms with van der Waals surface area (Å²) in [5.74, 6) is -0.122. The average Bonchev–Trinajstić information content (AvgIpc) is 2.78. The highest BCUT2D eigenvalue weighted by Crippen LogP contribution is 2.32. The summed E-state index contributed by atoms with van der Waals surface area (Å²) in [6.45, 7) is 6.54. The first-order chi connectivity index (χ1) is 15.7. The van der Waals surface area contributed by atoms with Crippen LogP contribution in [0.25, 0.3) is 0 Å². The van der Waals surface area contributed by atoms with E-state index in [9.17, 15) is 9.59 Å². The molecule has 0 bridgehead atoms. The van der Waals surface area contributed by atoms with Crippen molar-refractivity contribution in [3.8, 4) is 5.75 Å². The highest BCUT2D eigenvalue weighted by Gasteiger charge is 2.24. The molecular weight excluding hydrogens is 483 g/mol. The first kappa shape index (κ1) is 25.1. The first-order valence-corrected chi connectivity index (χ1v) is 11.7. The number of para-hydroxylation sites is 2. The zero-order valence-electron chi connectivity index (χ0n) is 18.7. The van der Waals surface area contributed by atoms with Crippen LogP contribution in [0.4, 0.5) is 11.4 Å². The lowest BCUT2D eigenvalue weighted by atomic mass is 10.1. The van der Waals surface area contributed by atoms with Gasteiger partial charge in [0.05, 0.1) is 29.1 Å². The number of carbonyl (C=O) groups excluding carboxylic acids is 2. The molecule has 0 aromatic heterocycles. The van der Waals surface area contributed by atoms with Crippen LogP contribution in [-0.2, 0) is 4.79 Å². The summed E-state index contributed by atoms with van der Waals surface area (Å²) in [7, 11) is 1.42. The van der Waals surface area contributed by atoms with E-state index in [1.165, 1.54) is 19.2 Å². The molecule has 0 spiro atoms. The van der Waals surface area contributed by atoms with Gasteiger partial charge in [-0.1, -0.05) is 49.2 Å². The van der Waals surface area contributed by atoms with E-state index < -0.39 is 5.91 Å². The standard InChI is InChI=1S/C23H26Cl2N4O3S/c1-14(2)22(31)29-10-8-28(9-11-29)19-7-5-4-6-18(19)26-23(33)27-21(30)16-12-15(24)13-17(25)20(16)32-3/h4-7,12-14H,8-11H2,1-3H3,(H2,26,27,30,33). The number of anilines is 2. The van der Waals surface area contributed by atoms with Gasteiger partial charge in [0.2, 0.25) is 5.91 Å². The fourth-order valence-electron chi connectivity index (χ4n) is 3.65. The normalized spacial score (nSPS) is 13.6. The molecule has 2 amide bonds. The first-order valence-electron chi connectivity index (χ1n) is 10.5. The summed E-state index contributed by atoms with van der Waals surface area (Å²) in [4.78, 5) is 29.1. The Morgan fingerprint density at radius 2 is 1.76 bits per heavy atom. The lowest BCUT2D eigenvalue weighted by Gasteiger charge is -2.37. The molecule has 176 valence electrons. The van der Waals surface area contributed by atoms with Crippen molar-refractivity contribution in [1.29, 1.82) is 0 Å². The molecular formula is C23H26Cl2N4O3S. The highest BCUT2D eigenvalue weighted by atomic mass is 35.5. The number of piperazine rings is 1. The molecule has 0 aliphatic carbocycles. The number of amides is 2. The summed E-state index contributed by atoms with van der Waals surface area (Å²) in [6.07, 6.45) is 0. The van der Waals surface area contributed by atoms with E-state index in [4.69, 9.17) is 40.2 Å². The zero-order valence-corrected chi connectivity index (χ0v) is 21.0. The summed E-state index contributed by atoms with van der Waals surface area (Å²) >= 11 is 17.6. The van der Waals surface area contributed by atoms with Crippen molar-refractivity contribution in [2.24, 2.45) is 5.92 Å². The monoisotopic (exact) mass is 508 g/mol. The second kappa shape index (κ2) is 11.0. The van der Waals surface area contributed by atoms with Crippen LogP contribution in [0.5, 0.6) is 5.75 Å². The number of nitrogens with one attached hydrogen (secondary N) is 2. The van der Waals surface area contributed by atoms with Crippen LogP contribution in [-0.4, -0.2) is 55.1 Å². The van der Waals surface area contributed by atoms with E-state index >= 15 is 0 Å². The number of benzene rings is 2. The topological polar surface area (TPSA) is 73.9 Å². The van der Waals surface area contributed by atoms with Crippen molar-refractivity contribution in [3.63, 3.8) is 0 Å². The van der Waals surface area contributed by atoms with Crippen molar-refractivity contribution in [2.45, 2.75) is 13.8 Å².